The topological polar surface area (TPSA) is 73.9 Å². The van der Waals surface area contributed by atoms with E-state index in [4.69, 9.17) is 10.5 Å². The maximum Gasteiger partial charge on any atom is 0.257 e. The van der Waals surface area contributed by atoms with E-state index in [9.17, 15) is 0 Å². The summed E-state index contributed by atoms with van der Waals surface area (Å²) in [7, 11) is 1.54. The van der Waals surface area contributed by atoms with Crippen LogP contribution in [-0.4, -0.2) is 22.1 Å². The first kappa shape index (κ1) is 15.1. The highest BCUT2D eigenvalue weighted by molar-refractivity contribution is 5.87. The lowest BCUT2D eigenvalue weighted by Gasteiger charge is -2.12. The minimum atomic E-state index is 0.271. The molecule has 2 aromatic heterocycles. The molecule has 0 aliphatic rings. The lowest BCUT2D eigenvalue weighted by Crippen LogP contribution is -2.03. The van der Waals surface area contributed by atoms with Gasteiger partial charge in [0.2, 0.25) is 0 Å². The molecule has 4 aromatic rings. The molecule has 0 aliphatic heterocycles. The van der Waals surface area contributed by atoms with Crippen molar-refractivity contribution in [3.8, 4) is 28.4 Å². The number of nitrogens with two attached hydrogens (primary N) is 1. The van der Waals surface area contributed by atoms with E-state index in [0.717, 1.165) is 33.4 Å². The van der Waals surface area contributed by atoms with Crippen LogP contribution in [0.4, 0.5) is 5.82 Å². The third-order valence-electron chi connectivity index (χ3n) is 4.01. The van der Waals surface area contributed by atoms with Gasteiger partial charge in [-0.05, 0) is 18.2 Å². The molecule has 2 heterocycles. The summed E-state index contributed by atoms with van der Waals surface area (Å²) in [5.41, 5.74) is 10.3. The van der Waals surface area contributed by atoms with Crippen LogP contribution >= 0.6 is 0 Å². The first-order chi connectivity index (χ1) is 12.3. The van der Waals surface area contributed by atoms with Crippen LogP contribution in [-0.2, 0) is 0 Å². The number of anilines is 1. The molecule has 5 heteroatoms. The van der Waals surface area contributed by atoms with Gasteiger partial charge in [-0.2, -0.15) is 0 Å². The summed E-state index contributed by atoms with van der Waals surface area (Å²) < 4.78 is 5.27. The van der Waals surface area contributed by atoms with Crippen molar-refractivity contribution in [3.05, 3.63) is 66.9 Å². The van der Waals surface area contributed by atoms with Crippen LogP contribution in [0.2, 0.25) is 0 Å². The molecule has 0 atom stereocenters. The summed E-state index contributed by atoms with van der Waals surface area (Å²) in [5, 5.41) is 1.04. The molecule has 0 saturated heterocycles. The Morgan fingerprint density at radius 1 is 0.840 bits per heavy atom. The second-order valence-electron chi connectivity index (χ2n) is 5.59. The van der Waals surface area contributed by atoms with Crippen LogP contribution in [0.15, 0.2) is 66.9 Å². The first-order valence-corrected chi connectivity index (χ1v) is 7.88. The van der Waals surface area contributed by atoms with E-state index in [1.54, 1.807) is 6.20 Å². The molecule has 0 spiro atoms. The molecule has 122 valence electrons. The van der Waals surface area contributed by atoms with Crippen molar-refractivity contribution in [1.29, 1.82) is 0 Å². The number of hydrogen-bond acceptors (Lipinski definition) is 5. The van der Waals surface area contributed by atoms with E-state index in [1.165, 1.54) is 7.11 Å². The SMILES string of the molecule is COc1nc(-c2ccc3ncccc3c2)c(-c2ccccc2)nc1N. The summed E-state index contributed by atoms with van der Waals surface area (Å²) in [4.78, 5) is 13.5. The Balaban J connectivity index is 1.97. The van der Waals surface area contributed by atoms with E-state index in [0.29, 0.717) is 5.88 Å². The van der Waals surface area contributed by atoms with Crippen molar-refractivity contribution < 1.29 is 4.74 Å². The molecule has 4 rings (SSSR count). The van der Waals surface area contributed by atoms with E-state index >= 15 is 0 Å². The molecular weight excluding hydrogens is 312 g/mol. The molecule has 0 aliphatic carbocycles. The van der Waals surface area contributed by atoms with Crippen LogP contribution in [0.25, 0.3) is 33.4 Å². The Bertz CT molecular complexity index is 1050. The summed E-state index contributed by atoms with van der Waals surface area (Å²) in [6.45, 7) is 0. The molecular formula is C20H16N4O. The molecule has 5 nitrogen and oxygen atoms in total. The fourth-order valence-corrected chi connectivity index (χ4v) is 2.80. The molecule has 0 bridgehead atoms. The van der Waals surface area contributed by atoms with Gasteiger partial charge in [0.25, 0.3) is 5.88 Å². The van der Waals surface area contributed by atoms with E-state index < -0.39 is 0 Å². The van der Waals surface area contributed by atoms with Gasteiger partial charge in [0.15, 0.2) is 5.82 Å². The van der Waals surface area contributed by atoms with Crippen molar-refractivity contribution >= 4 is 16.7 Å². The number of benzene rings is 2. The second-order valence-corrected chi connectivity index (χ2v) is 5.59. The Kier molecular flexibility index (Phi) is 3.74. The van der Waals surface area contributed by atoms with Crippen molar-refractivity contribution in [2.45, 2.75) is 0 Å². The van der Waals surface area contributed by atoms with Gasteiger partial charge < -0.3 is 10.5 Å². The highest BCUT2D eigenvalue weighted by atomic mass is 16.5. The van der Waals surface area contributed by atoms with Gasteiger partial charge >= 0.3 is 0 Å². The van der Waals surface area contributed by atoms with Gasteiger partial charge in [-0.25, -0.2) is 9.97 Å². The molecule has 2 N–H and O–H groups in total. The van der Waals surface area contributed by atoms with Gasteiger partial charge in [0.1, 0.15) is 5.69 Å². The third-order valence-corrected chi connectivity index (χ3v) is 4.01. The van der Waals surface area contributed by atoms with Crippen LogP contribution < -0.4 is 10.5 Å². The fourth-order valence-electron chi connectivity index (χ4n) is 2.80. The number of hydrogen-bond donors (Lipinski definition) is 1. The number of pyridine rings is 1. The van der Waals surface area contributed by atoms with Crippen LogP contribution in [0.5, 0.6) is 5.88 Å². The number of nitrogens with zero attached hydrogens (tertiary/aromatic N) is 3. The van der Waals surface area contributed by atoms with Crippen LogP contribution in [0.1, 0.15) is 0 Å². The normalized spacial score (nSPS) is 10.8. The number of methoxy groups -OCH3 is 1. The van der Waals surface area contributed by atoms with E-state index in [-0.39, 0.29) is 5.82 Å². The Hall–Kier alpha value is -3.47. The van der Waals surface area contributed by atoms with Gasteiger partial charge in [-0.3, -0.25) is 4.98 Å². The predicted molar refractivity (Wildman–Crippen MR) is 99.2 cm³/mol. The molecule has 0 saturated carbocycles. The minimum Gasteiger partial charge on any atom is -0.478 e. The van der Waals surface area contributed by atoms with Gasteiger partial charge in [-0.15, -0.1) is 0 Å². The molecule has 2 aromatic carbocycles. The number of rotatable bonds is 3. The van der Waals surface area contributed by atoms with Crippen molar-refractivity contribution in [2.24, 2.45) is 0 Å². The standard InChI is InChI=1S/C20H16N4O/c1-25-20-19(21)23-17(13-6-3-2-4-7-13)18(24-20)15-9-10-16-14(12-15)8-5-11-22-16/h2-12H,1H3,(H2,21,23). The molecule has 0 fully saturated rings. The molecule has 0 amide bonds. The lowest BCUT2D eigenvalue weighted by atomic mass is 10.0. The number of nitrogen functional groups attached to an aromatic ring is 1. The quantitative estimate of drug-likeness (QED) is 0.616. The number of aromatic nitrogens is 3. The zero-order valence-electron chi connectivity index (χ0n) is 13.7. The van der Waals surface area contributed by atoms with Crippen molar-refractivity contribution in [1.82, 2.24) is 15.0 Å². The summed E-state index contributed by atoms with van der Waals surface area (Å²) in [5.74, 6) is 0.591. The second kappa shape index (κ2) is 6.20. The summed E-state index contributed by atoms with van der Waals surface area (Å²) in [6, 6.07) is 19.8. The maximum atomic E-state index is 6.00. The molecule has 0 radical (unpaired) electrons. The number of fused-ring (bicyclic) bond motifs is 1. The lowest BCUT2D eigenvalue weighted by molar-refractivity contribution is 0.399. The zero-order valence-corrected chi connectivity index (χ0v) is 13.7. The Labute approximate surface area is 145 Å². The van der Waals surface area contributed by atoms with E-state index in [2.05, 4.69) is 21.0 Å². The Morgan fingerprint density at radius 3 is 2.44 bits per heavy atom. The van der Waals surface area contributed by atoms with Crippen molar-refractivity contribution in [3.63, 3.8) is 0 Å². The monoisotopic (exact) mass is 328 g/mol. The highest BCUT2D eigenvalue weighted by Crippen LogP contribution is 2.33. The molecule has 0 unspecified atom stereocenters. The van der Waals surface area contributed by atoms with Crippen LogP contribution in [0.3, 0.4) is 0 Å². The van der Waals surface area contributed by atoms with E-state index in [1.807, 2.05) is 54.6 Å². The average molecular weight is 328 g/mol. The smallest absolute Gasteiger partial charge is 0.257 e. The molecule has 25 heavy (non-hydrogen) atoms. The predicted octanol–water partition coefficient (Wildman–Crippen LogP) is 3.95. The number of ether oxygens (including phenoxy) is 1. The minimum absolute atomic E-state index is 0.271. The van der Waals surface area contributed by atoms with Gasteiger partial charge in [-0.1, -0.05) is 42.5 Å². The third kappa shape index (κ3) is 2.76. The zero-order chi connectivity index (χ0) is 17.2. The summed E-state index contributed by atoms with van der Waals surface area (Å²) >= 11 is 0. The van der Waals surface area contributed by atoms with Gasteiger partial charge in [0.05, 0.1) is 18.3 Å². The largest absolute Gasteiger partial charge is 0.478 e. The average Bonchev–Trinajstić information content (AvgIpc) is 2.68. The van der Waals surface area contributed by atoms with Gasteiger partial charge in [0, 0.05) is 22.7 Å². The first-order valence-electron chi connectivity index (χ1n) is 7.88. The van der Waals surface area contributed by atoms with Crippen molar-refractivity contribution in [2.75, 3.05) is 12.8 Å². The van der Waals surface area contributed by atoms with Crippen LogP contribution in [0, 0.1) is 0 Å². The maximum absolute atomic E-state index is 6.00. The Morgan fingerprint density at radius 2 is 1.64 bits per heavy atom. The highest BCUT2D eigenvalue weighted by Gasteiger charge is 2.16. The summed E-state index contributed by atoms with van der Waals surface area (Å²) in [6.07, 6.45) is 1.78. The fraction of sp³-hybridized carbons (Fsp3) is 0.0500.